The number of hydrogen-bond donors (Lipinski definition) is 0. The highest BCUT2D eigenvalue weighted by Crippen LogP contribution is 2.35. The third-order valence-corrected chi connectivity index (χ3v) is 4.08. The summed E-state index contributed by atoms with van der Waals surface area (Å²) < 4.78 is 12.9. The van der Waals surface area contributed by atoms with Gasteiger partial charge in [-0.15, -0.1) is 0 Å². The van der Waals surface area contributed by atoms with Crippen LogP contribution in [0.5, 0.6) is 5.75 Å². The molecule has 2 aromatic rings. The smallest absolute Gasteiger partial charge is 0.410 e. The van der Waals surface area contributed by atoms with Gasteiger partial charge < -0.3 is 14.4 Å². The van der Waals surface area contributed by atoms with Crippen LogP contribution >= 0.6 is 0 Å². The van der Waals surface area contributed by atoms with Gasteiger partial charge in [-0.25, -0.2) is 4.79 Å². The van der Waals surface area contributed by atoms with Crippen LogP contribution in [-0.4, -0.2) is 40.0 Å². The van der Waals surface area contributed by atoms with Crippen molar-refractivity contribution in [1.29, 1.82) is 5.26 Å². The molecule has 0 saturated carbocycles. The molecule has 1 aromatic carbocycles. The Labute approximate surface area is 152 Å². The van der Waals surface area contributed by atoms with E-state index < -0.39 is 5.60 Å². The van der Waals surface area contributed by atoms with Gasteiger partial charge in [-0.3, -0.25) is 4.68 Å². The average molecular weight is 354 g/mol. The maximum Gasteiger partial charge on any atom is 0.410 e. The lowest BCUT2D eigenvalue weighted by atomic mass is 10.1. The van der Waals surface area contributed by atoms with E-state index in [1.807, 2.05) is 37.6 Å². The predicted molar refractivity (Wildman–Crippen MR) is 95.6 cm³/mol. The van der Waals surface area contributed by atoms with Crippen LogP contribution in [0.1, 0.15) is 32.0 Å². The summed E-state index contributed by atoms with van der Waals surface area (Å²) in [7, 11) is 1.59. The third-order valence-electron chi connectivity index (χ3n) is 4.08. The van der Waals surface area contributed by atoms with Crippen LogP contribution in [0.15, 0.2) is 24.3 Å². The first-order valence-electron chi connectivity index (χ1n) is 8.44. The second-order valence-electron chi connectivity index (χ2n) is 7.14. The number of nitriles is 1. The number of methoxy groups -OCH3 is 1. The molecule has 0 spiro atoms. The Morgan fingerprint density at radius 2 is 1.92 bits per heavy atom. The molecule has 0 radical (unpaired) electrons. The van der Waals surface area contributed by atoms with Crippen LogP contribution in [0, 0.1) is 11.3 Å². The van der Waals surface area contributed by atoms with Gasteiger partial charge in [-0.05, 0) is 32.9 Å². The van der Waals surface area contributed by atoms with Crippen LogP contribution in [0.2, 0.25) is 0 Å². The number of hydrogen-bond acceptors (Lipinski definition) is 5. The highest BCUT2D eigenvalue weighted by molar-refractivity contribution is 5.71. The standard InChI is InChI=1S/C19H22N4O3/c1-19(2,3)26-18(24)22-9-10-23-15(12-22)17(25-4)16(21-23)14-7-5-13(11-20)6-8-14/h5-8H,9-10,12H2,1-4H3. The zero-order chi connectivity index (χ0) is 18.9. The lowest BCUT2D eigenvalue weighted by Crippen LogP contribution is -2.41. The molecule has 0 aliphatic carbocycles. The number of fused-ring (bicyclic) bond motifs is 1. The van der Waals surface area contributed by atoms with Gasteiger partial charge in [0.2, 0.25) is 0 Å². The van der Waals surface area contributed by atoms with Gasteiger partial charge in [0.15, 0.2) is 5.75 Å². The number of amides is 1. The fraction of sp³-hybridized carbons (Fsp3) is 0.421. The van der Waals surface area contributed by atoms with Gasteiger partial charge in [0.25, 0.3) is 0 Å². The molecule has 26 heavy (non-hydrogen) atoms. The summed E-state index contributed by atoms with van der Waals surface area (Å²) >= 11 is 0. The topological polar surface area (TPSA) is 80.4 Å². The Balaban J connectivity index is 1.90. The minimum Gasteiger partial charge on any atom is -0.492 e. The van der Waals surface area contributed by atoms with Crippen LogP contribution in [0.3, 0.4) is 0 Å². The Morgan fingerprint density at radius 3 is 2.50 bits per heavy atom. The van der Waals surface area contributed by atoms with E-state index in [1.165, 1.54) is 0 Å². The van der Waals surface area contributed by atoms with Crippen molar-refractivity contribution >= 4 is 6.09 Å². The van der Waals surface area contributed by atoms with Gasteiger partial charge in [0, 0.05) is 12.1 Å². The Bertz CT molecular complexity index is 857. The molecule has 1 aliphatic heterocycles. The number of nitrogens with zero attached hydrogens (tertiary/aromatic N) is 4. The summed E-state index contributed by atoms with van der Waals surface area (Å²) in [5.41, 5.74) is 2.47. The lowest BCUT2D eigenvalue weighted by Gasteiger charge is -2.30. The molecular weight excluding hydrogens is 332 g/mol. The highest BCUT2D eigenvalue weighted by Gasteiger charge is 2.30. The molecule has 0 atom stereocenters. The summed E-state index contributed by atoms with van der Waals surface area (Å²) in [5, 5.41) is 13.6. The Kier molecular flexibility index (Phi) is 4.60. The molecule has 0 fully saturated rings. The minimum atomic E-state index is -0.535. The van der Waals surface area contributed by atoms with Crippen molar-refractivity contribution in [2.75, 3.05) is 13.7 Å². The lowest BCUT2D eigenvalue weighted by molar-refractivity contribution is 0.0192. The van der Waals surface area contributed by atoms with Crippen molar-refractivity contribution in [1.82, 2.24) is 14.7 Å². The molecule has 1 aliphatic rings. The first-order chi connectivity index (χ1) is 12.3. The van der Waals surface area contributed by atoms with E-state index in [4.69, 9.17) is 14.7 Å². The van der Waals surface area contributed by atoms with Crippen molar-refractivity contribution in [2.24, 2.45) is 0 Å². The van der Waals surface area contributed by atoms with Gasteiger partial charge in [-0.1, -0.05) is 12.1 Å². The second kappa shape index (κ2) is 6.71. The van der Waals surface area contributed by atoms with E-state index in [-0.39, 0.29) is 6.09 Å². The predicted octanol–water partition coefficient (Wildman–Crippen LogP) is 3.18. The number of carbonyl (C=O) groups excluding carboxylic acids is 1. The average Bonchev–Trinajstić information content (AvgIpc) is 2.98. The molecule has 0 N–H and O–H groups in total. The normalized spacial score (nSPS) is 13.7. The highest BCUT2D eigenvalue weighted by atomic mass is 16.6. The minimum absolute atomic E-state index is 0.341. The molecule has 1 amide bonds. The van der Waals surface area contributed by atoms with Crippen molar-refractivity contribution in [3.63, 3.8) is 0 Å². The summed E-state index contributed by atoms with van der Waals surface area (Å²) in [6.45, 7) is 7.02. The van der Waals surface area contributed by atoms with E-state index >= 15 is 0 Å². The SMILES string of the molecule is COc1c(-c2ccc(C#N)cc2)nn2c1CN(C(=O)OC(C)(C)C)CC2. The quantitative estimate of drug-likeness (QED) is 0.827. The van der Waals surface area contributed by atoms with E-state index in [0.717, 1.165) is 11.3 Å². The van der Waals surface area contributed by atoms with Crippen LogP contribution in [-0.2, 0) is 17.8 Å². The van der Waals surface area contributed by atoms with Gasteiger partial charge in [0.1, 0.15) is 17.0 Å². The van der Waals surface area contributed by atoms with Gasteiger partial charge >= 0.3 is 6.09 Å². The van der Waals surface area contributed by atoms with Gasteiger partial charge in [-0.2, -0.15) is 10.4 Å². The number of benzene rings is 1. The van der Waals surface area contributed by atoms with E-state index in [2.05, 4.69) is 11.2 Å². The molecule has 7 heteroatoms. The van der Waals surface area contributed by atoms with Gasteiger partial charge in [0.05, 0.1) is 31.8 Å². The maximum absolute atomic E-state index is 12.4. The second-order valence-corrected chi connectivity index (χ2v) is 7.14. The van der Waals surface area contributed by atoms with Crippen molar-refractivity contribution in [3.05, 3.63) is 35.5 Å². The van der Waals surface area contributed by atoms with Crippen LogP contribution in [0.4, 0.5) is 4.79 Å². The molecule has 7 nitrogen and oxygen atoms in total. The zero-order valence-electron chi connectivity index (χ0n) is 15.4. The first kappa shape index (κ1) is 17.8. The van der Waals surface area contributed by atoms with Crippen LogP contribution in [0.25, 0.3) is 11.3 Å². The van der Waals surface area contributed by atoms with E-state index in [1.54, 1.807) is 24.1 Å². The molecular formula is C19H22N4O3. The van der Waals surface area contributed by atoms with E-state index in [9.17, 15) is 4.79 Å². The summed E-state index contributed by atoms with van der Waals surface area (Å²) in [5.74, 6) is 0.642. The summed E-state index contributed by atoms with van der Waals surface area (Å²) in [6, 6.07) is 9.30. The van der Waals surface area contributed by atoms with Crippen molar-refractivity contribution in [3.8, 4) is 23.1 Å². The Hall–Kier alpha value is -3.01. The Morgan fingerprint density at radius 1 is 1.23 bits per heavy atom. The number of rotatable bonds is 2. The first-order valence-corrected chi connectivity index (χ1v) is 8.44. The zero-order valence-corrected chi connectivity index (χ0v) is 15.4. The molecule has 3 rings (SSSR count). The molecule has 0 unspecified atom stereocenters. The molecule has 2 heterocycles. The number of aromatic nitrogens is 2. The maximum atomic E-state index is 12.4. The monoisotopic (exact) mass is 354 g/mol. The molecule has 1 aromatic heterocycles. The summed E-state index contributed by atoms with van der Waals surface area (Å²) in [6.07, 6.45) is -0.341. The fourth-order valence-corrected chi connectivity index (χ4v) is 2.88. The molecule has 0 saturated heterocycles. The van der Waals surface area contributed by atoms with Crippen molar-refractivity contribution in [2.45, 2.75) is 39.5 Å². The van der Waals surface area contributed by atoms with Crippen LogP contribution < -0.4 is 4.74 Å². The largest absolute Gasteiger partial charge is 0.492 e. The number of ether oxygens (including phenoxy) is 2. The fourth-order valence-electron chi connectivity index (χ4n) is 2.88. The van der Waals surface area contributed by atoms with Crippen molar-refractivity contribution < 1.29 is 14.3 Å². The summed E-state index contributed by atoms with van der Waals surface area (Å²) in [4.78, 5) is 14.0. The van der Waals surface area contributed by atoms with E-state index in [0.29, 0.717) is 36.6 Å². The molecule has 0 bridgehead atoms. The third kappa shape index (κ3) is 3.49. The number of carbonyl (C=O) groups is 1. The molecule has 136 valence electrons.